The minimum atomic E-state index is 0.677. The molecule has 82 heavy (non-hydrogen) atoms. The first-order chi connectivity index (χ1) is 40.7. The van der Waals surface area contributed by atoms with E-state index < -0.39 is 0 Å². The summed E-state index contributed by atoms with van der Waals surface area (Å²) < 4.78 is 9.87. The minimum Gasteiger partial charge on any atom is -0.309 e. The van der Waals surface area contributed by atoms with Crippen LogP contribution in [0.3, 0.4) is 0 Å². The first-order valence-electron chi connectivity index (χ1n) is 28.0. The number of aromatic nitrogens is 6. The van der Waals surface area contributed by atoms with Gasteiger partial charge in [-0.2, -0.15) is 0 Å². The van der Waals surface area contributed by atoms with Crippen molar-refractivity contribution in [2.75, 3.05) is 0 Å². The summed E-state index contributed by atoms with van der Waals surface area (Å²) in [6.07, 6.45) is 0. The Labute approximate surface area is 471 Å². The van der Waals surface area contributed by atoms with Gasteiger partial charge in [-0.15, -0.1) is 0 Å². The van der Waals surface area contributed by atoms with Gasteiger partial charge in [-0.25, -0.2) is 9.97 Å². The molecule has 0 saturated carbocycles. The van der Waals surface area contributed by atoms with E-state index >= 15 is 0 Å². The van der Waals surface area contributed by atoms with Gasteiger partial charge in [-0.3, -0.25) is 0 Å². The molecule has 6 nitrogen and oxygen atoms in total. The molecule has 17 rings (SSSR count). The van der Waals surface area contributed by atoms with Crippen LogP contribution in [0.5, 0.6) is 0 Å². The lowest BCUT2D eigenvalue weighted by atomic mass is 9.97. The van der Waals surface area contributed by atoms with Gasteiger partial charge in [0.15, 0.2) is 5.82 Å². The van der Waals surface area contributed by atoms with Crippen LogP contribution in [0.4, 0.5) is 0 Å². The average molecular weight is 1050 g/mol. The van der Waals surface area contributed by atoms with Gasteiger partial charge in [0, 0.05) is 82.4 Å². The third-order valence-electron chi connectivity index (χ3n) is 16.7. The molecule has 12 aromatic carbocycles. The Bertz CT molecular complexity index is 5320. The lowest BCUT2D eigenvalue weighted by Crippen LogP contribution is -2.00. The van der Waals surface area contributed by atoms with Crippen LogP contribution in [0.15, 0.2) is 291 Å². The van der Waals surface area contributed by atoms with Gasteiger partial charge in [0.25, 0.3) is 0 Å². The smallest absolute Gasteiger partial charge is 0.160 e. The van der Waals surface area contributed by atoms with Crippen LogP contribution in [0.1, 0.15) is 0 Å². The van der Waals surface area contributed by atoms with E-state index in [-0.39, 0.29) is 0 Å². The highest BCUT2D eigenvalue weighted by Gasteiger charge is 2.25. The highest BCUT2D eigenvalue weighted by molar-refractivity contribution is 6.28. The molecule has 0 bridgehead atoms. The standard InChI is InChI=1S/C76H48N6/c1-5-22-49(23-6-1)63-48-64(78-76(77-63)50-24-7-2-8-25-50)52-40-43-69(82-68-39-20-16-35-61(68)73-71(82)45-42-59-57-33-14-18-37-66(57)81(75(59)73)54-29-11-4-12-30-54)62(47-52)51-26-21-31-55(46-51)79-67-38-19-15-34-60(67)72-70(79)44-41-58-56-32-13-17-36-65(56)80(74(58)72)53-27-9-3-10-28-53/h1-48H. The highest BCUT2D eigenvalue weighted by atomic mass is 15.0. The molecule has 17 aromatic rings. The Morgan fingerprint density at radius 2 is 0.659 bits per heavy atom. The monoisotopic (exact) mass is 1040 g/mol. The van der Waals surface area contributed by atoms with Crippen LogP contribution in [-0.2, 0) is 0 Å². The van der Waals surface area contributed by atoms with Gasteiger partial charge in [0.05, 0.1) is 61.2 Å². The summed E-state index contributed by atoms with van der Waals surface area (Å²) in [6, 6.07) is 105. The Kier molecular flexibility index (Phi) is 10.2. The number of hydrogen-bond acceptors (Lipinski definition) is 2. The van der Waals surface area contributed by atoms with E-state index in [0.717, 1.165) is 84.0 Å². The predicted octanol–water partition coefficient (Wildman–Crippen LogP) is 19.5. The lowest BCUT2D eigenvalue weighted by Gasteiger charge is -2.18. The van der Waals surface area contributed by atoms with Crippen molar-refractivity contribution in [3.63, 3.8) is 0 Å². The summed E-state index contributed by atoms with van der Waals surface area (Å²) >= 11 is 0. The number of nitrogens with zero attached hydrogens (tertiary/aromatic N) is 6. The molecule has 0 aliphatic heterocycles. The Morgan fingerprint density at radius 3 is 1.22 bits per heavy atom. The molecule has 0 radical (unpaired) electrons. The van der Waals surface area contributed by atoms with E-state index in [9.17, 15) is 0 Å². The zero-order valence-corrected chi connectivity index (χ0v) is 44.4. The summed E-state index contributed by atoms with van der Waals surface area (Å²) in [5.41, 5.74) is 20.5. The zero-order valence-electron chi connectivity index (χ0n) is 44.4. The maximum atomic E-state index is 5.39. The topological polar surface area (TPSA) is 45.5 Å². The van der Waals surface area contributed by atoms with Crippen molar-refractivity contribution in [1.82, 2.24) is 28.2 Å². The van der Waals surface area contributed by atoms with Gasteiger partial charge >= 0.3 is 0 Å². The Morgan fingerprint density at radius 1 is 0.232 bits per heavy atom. The van der Waals surface area contributed by atoms with Crippen molar-refractivity contribution in [1.29, 1.82) is 0 Å². The van der Waals surface area contributed by atoms with E-state index in [1.54, 1.807) is 0 Å². The number of fused-ring (bicyclic) bond motifs is 14. The molecule has 0 fully saturated rings. The number of hydrogen-bond donors (Lipinski definition) is 0. The molecule has 0 aliphatic carbocycles. The molecule has 5 aromatic heterocycles. The summed E-state index contributed by atoms with van der Waals surface area (Å²) in [5, 5.41) is 9.72. The third kappa shape index (κ3) is 6.95. The Hall–Kier alpha value is -11.1. The highest BCUT2D eigenvalue weighted by Crippen LogP contribution is 2.46. The van der Waals surface area contributed by atoms with Gasteiger partial charge in [-0.1, -0.05) is 200 Å². The SMILES string of the molecule is c1ccc(-c2cc(-c3ccc(-n4c5ccccc5c5c4ccc4c6ccccc6n(-c6ccccc6)c45)c(-c4cccc(-n5c6ccccc6c6c5ccc5c7ccccc7n(-c7ccccc7)c56)c4)c3)nc(-c3ccccc3)n2)cc1. The van der Waals surface area contributed by atoms with E-state index in [0.29, 0.717) is 5.82 Å². The molecule has 0 amide bonds. The van der Waals surface area contributed by atoms with E-state index in [1.807, 2.05) is 12.1 Å². The molecule has 6 heteroatoms. The van der Waals surface area contributed by atoms with Crippen molar-refractivity contribution < 1.29 is 0 Å². The van der Waals surface area contributed by atoms with Crippen LogP contribution in [0, 0.1) is 0 Å². The van der Waals surface area contributed by atoms with E-state index in [1.165, 1.54) is 65.2 Å². The van der Waals surface area contributed by atoms with Gasteiger partial charge in [-0.05, 0) is 96.6 Å². The predicted molar refractivity (Wildman–Crippen MR) is 341 cm³/mol. The molecule has 0 N–H and O–H groups in total. The number of rotatable bonds is 8. The van der Waals surface area contributed by atoms with Crippen molar-refractivity contribution in [2.45, 2.75) is 0 Å². The van der Waals surface area contributed by atoms with Crippen LogP contribution >= 0.6 is 0 Å². The quantitative estimate of drug-likeness (QED) is 0.152. The van der Waals surface area contributed by atoms with Crippen LogP contribution in [-0.4, -0.2) is 28.2 Å². The second-order valence-electron chi connectivity index (χ2n) is 21.3. The molecule has 0 aliphatic rings. The molecule has 0 saturated heterocycles. The van der Waals surface area contributed by atoms with Crippen LogP contribution in [0.25, 0.3) is 155 Å². The first-order valence-corrected chi connectivity index (χ1v) is 28.0. The fourth-order valence-corrected chi connectivity index (χ4v) is 13.2. The van der Waals surface area contributed by atoms with Crippen LogP contribution < -0.4 is 0 Å². The van der Waals surface area contributed by atoms with Crippen molar-refractivity contribution in [2.24, 2.45) is 0 Å². The lowest BCUT2D eigenvalue weighted by molar-refractivity contribution is 1.16. The molecular weight excluding hydrogens is 997 g/mol. The first kappa shape index (κ1) is 45.9. The molecule has 382 valence electrons. The maximum absolute atomic E-state index is 5.39. The van der Waals surface area contributed by atoms with Crippen molar-refractivity contribution in [3.8, 4) is 67.8 Å². The zero-order chi connectivity index (χ0) is 53.8. The third-order valence-corrected chi connectivity index (χ3v) is 16.7. The molecular formula is C76H48N6. The summed E-state index contributed by atoms with van der Waals surface area (Å²) in [7, 11) is 0. The number of para-hydroxylation sites is 6. The van der Waals surface area contributed by atoms with Gasteiger partial charge in [0.1, 0.15) is 0 Å². The Balaban J connectivity index is 0.949. The number of benzene rings is 12. The average Bonchev–Trinajstić information content (AvgIpc) is 1.92. The summed E-state index contributed by atoms with van der Waals surface area (Å²) in [6.45, 7) is 0. The molecule has 0 spiro atoms. The maximum Gasteiger partial charge on any atom is 0.160 e. The molecule has 0 atom stereocenters. The summed E-state index contributed by atoms with van der Waals surface area (Å²) in [5.74, 6) is 0.677. The minimum absolute atomic E-state index is 0.677. The molecule has 5 heterocycles. The summed E-state index contributed by atoms with van der Waals surface area (Å²) in [4.78, 5) is 10.6. The van der Waals surface area contributed by atoms with Gasteiger partial charge < -0.3 is 18.3 Å². The molecule has 0 unspecified atom stereocenters. The normalized spacial score (nSPS) is 11.9. The van der Waals surface area contributed by atoms with E-state index in [4.69, 9.17) is 9.97 Å². The van der Waals surface area contributed by atoms with Crippen LogP contribution in [0.2, 0.25) is 0 Å². The van der Waals surface area contributed by atoms with Gasteiger partial charge in [0.2, 0.25) is 0 Å². The second kappa shape index (κ2) is 18.2. The van der Waals surface area contributed by atoms with E-state index in [2.05, 4.69) is 297 Å². The fourth-order valence-electron chi connectivity index (χ4n) is 13.2. The largest absolute Gasteiger partial charge is 0.309 e. The van der Waals surface area contributed by atoms with Crippen molar-refractivity contribution >= 4 is 87.2 Å². The van der Waals surface area contributed by atoms with Crippen molar-refractivity contribution in [3.05, 3.63) is 291 Å². The second-order valence-corrected chi connectivity index (χ2v) is 21.3. The fraction of sp³-hybridized carbons (Fsp3) is 0.